The Bertz CT molecular complexity index is 689. The highest BCUT2D eigenvalue weighted by Crippen LogP contribution is 2.61. The summed E-state index contributed by atoms with van der Waals surface area (Å²) in [5.74, 6) is 0.844. The minimum Gasteiger partial charge on any atom is -0.379 e. The Morgan fingerprint density at radius 2 is 2.25 bits per heavy atom. The van der Waals surface area contributed by atoms with Gasteiger partial charge in [0.15, 0.2) is 5.52 Å². The number of nitro groups is 1. The Kier molecular flexibility index (Phi) is 2.51. The zero-order valence-corrected chi connectivity index (χ0v) is 11.8. The third-order valence-electron chi connectivity index (χ3n) is 4.62. The van der Waals surface area contributed by atoms with Gasteiger partial charge in [-0.15, -0.1) is 11.3 Å². The zero-order chi connectivity index (χ0) is 13.7. The van der Waals surface area contributed by atoms with Gasteiger partial charge in [-0.05, 0) is 49.1 Å². The molecule has 1 N–H and O–H groups in total. The second-order valence-electron chi connectivity index (χ2n) is 5.91. The van der Waals surface area contributed by atoms with Crippen molar-refractivity contribution >= 4 is 32.9 Å². The van der Waals surface area contributed by atoms with Gasteiger partial charge in [-0.2, -0.15) is 0 Å². The van der Waals surface area contributed by atoms with Crippen LogP contribution >= 0.6 is 11.3 Å². The molecule has 0 saturated heterocycles. The molecule has 1 aromatic heterocycles. The molecule has 1 heterocycles. The third-order valence-corrected chi connectivity index (χ3v) is 5.42. The minimum absolute atomic E-state index is 0.121. The number of aromatic nitrogens is 1. The van der Waals surface area contributed by atoms with Gasteiger partial charge in [-0.25, -0.2) is 4.98 Å². The monoisotopic (exact) mass is 289 g/mol. The Hall–Kier alpha value is -1.69. The molecule has 0 amide bonds. The second kappa shape index (κ2) is 4.15. The summed E-state index contributed by atoms with van der Waals surface area (Å²) in [6, 6.07) is 3.74. The van der Waals surface area contributed by atoms with E-state index in [0.717, 1.165) is 17.2 Å². The van der Waals surface area contributed by atoms with Gasteiger partial charge in [0, 0.05) is 6.54 Å². The van der Waals surface area contributed by atoms with E-state index in [-0.39, 0.29) is 10.6 Å². The van der Waals surface area contributed by atoms with Crippen LogP contribution in [-0.2, 0) is 0 Å². The first-order valence-electron chi connectivity index (χ1n) is 6.94. The lowest BCUT2D eigenvalue weighted by Crippen LogP contribution is -2.18. The number of rotatable bonds is 5. The van der Waals surface area contributed by atoms with Crippen molar-refractivity contribution < 1.29 is 4.92 Å². The summed E-state index contributed by atoms with van der Waals surface area (Å²) in [6.45, 7) is 0.855. The van der Waals surface area contributed by atoms with E-state index in [0.29, 0.717) is 16.6 Å². The number of benzene rings is 1. The van der Waals surface area contributed by atoms with Crippen LogP contribution in [0, 0.1) is 21.4 Å². The van der Waals surface area contributed by atoms with Gasteiger partial charge < -0.3 is 5.32 Å². The van der Waals surface area contributed by atoms with Crippen LogP contribution < -0.4 is 5.32 Å². The summed E-state index contributed by atoms with van der Waals surface area (Å²) in [7, 11) is 0. The van der Waals surface area contributed by atoms with Crippen molar-refractivity contribution in [2.45, 2.75) is 25.7 Å². The molecule has 0 bridgehead atoms. The van der Waals surface area contributed by atoms with Gasteiger partial charge in [-0.3, -0.25) is 10.1 Å². The number of thiazole rings is 1. The molecular formula is C14H15N3O2S. The molecule has 5 nitrogen and oxygen atoms in total. The lowest BCUT2D eigenvalue weighted by Gasteiger charge is -2.16. The van der Waals surface area contributed by atoms with E-state index in [1.165, 1.54) is 37.0 Å². The molecule has 0 radical (unpaired) electrons. The first kappa shape index (κ1) is 12.1. The molecule has 2 aliphatic carbocycles. The van der Waals surface area contributed by atoms with E-state index >= 15 is 0 Å². The van der Waals surface area contributed by atoms with Crippen LogP contribution in [0.15, 0.2) is 17.6 Å². The van der Waals surface area contributed by atoms with Crippen LogP contribution in [-0.4, -0.2) is 16.5 Å². The van der Waals surface area contributed by atoms with Crippen LogP contribution in [0.5, 0.6) is 0 Å². The predicted molar refractivity (Wildman–Crippen MR) is 79.2 cm³/mol. The molecule has 20 heavy (non-hydrogen) atoms. The van der Waals surface area contributed by atoms with Crippen LogP contribution in [0.1, 0.15) is 25.7 Å². The molecule has 0 unspecified atom stereocenters. The molecule has 0 atom stereocenters. The van der Waals surface area contributed by atoms with Crippen molar-refractivity contribution in [3.63, 3.8) is 0 Å². The van der Waals surface area contributed by atoms with Gasteiger partial charge in [0.1, 0.15) is 5.69 Å². The molecule has 0 spiro atoms. The Morgan fingerprint density at radius 1 is 1.45 bits per heavy atom. The first-order valence-corrected chi connectivity index (χ1v) is 7.82. The standard InChI is InChI=1S/C14H15N3O2S/c18-17(19)13-10(3-4-11-12(13)16-8-20-11)15-7-14(5-6-14)9-1-2-9/h3-4,8-9,15H,1-2,5-7H2. The number of nitrogens with zero attached hydrogens (tertiary/aromatic N) is 2. The summed E-state index contributed by atoms with van der Waals surface area (Å²) in [4.78, 5) is 15.2. The van der Waals surface area contributed by atoms with Crippen molar-refractivity contribution in [3.8, 4) is 0 Å². The highest BCUT2D eigenvalue weighted by Gasteiger charge is 2.53. The second-order valence-corrected chi connectivity index (χ2v) is 6.79. The van der Waals surface area contributed by atoms with Gasteiger partial charge >= 0.3 is 5.69 Å². The molecule has 1 aromatic carbocycles. The fourth-order valence-corrected chi connectivity index (χ4v) is 3.78. The van der Waals surface area contributed by atoms with Crippen LogP contribution in [0.3, 0.4) is 0 Å². The molecule has 2 aromatic rings. The van der Waals surface area contributed by atoms with E-state index in [1.807, 2.05) is 12.1 Å². The van der Waals surface area contributed by atoms with E-state index in [1.54, 1.807) is 5.51 Å². The number of fused-ring (bicyclic) bond motifs is 1. The van der Waals surface area contributed by atoms with Gasteiger partial charge in [0.25, 0.3) is 0 Å². The first-order chi connectivity index (χ1) is 9.70. The van der Waals surface area contributed by atoms with Crippen molar-refractivity contribution in [1.29, 1.82) is 0 Å². The largest absolute Gasteiger partial charge is 0.379 e. The average molecular weight is 289 g/mol. The summed E-state index contributed by atoms with van der Waals surface area (Å²) < 4.78 is 0.866. The number of nitrogens with one attached hydrogen (secondary N) is 1. The molecule has 2 aliphatic rings. The lowest BCUT2D eigenvalue weighted by molar-refractivity contribution is -0.382. The third kappa shape index (κ3) is 1.86. The van der Waals surface area contributed by atoms with Gasteiger partial charge in [0.05, 0.1) is 15.1 Å². The number of nitro benzene ring substituents is 1. The molecule has 2 saturated carbocycles. The van der Waals surface area contributed by atoms with Crippen molar-refractivity contribution in [1.82, 2.24) is 4.98 Å². The van der Waals surface area contributed by atoms with Crippen LogP contribution in [0.2, 0.25) is 0 Å². The summed E-state index contributed by atoms with van der Waals surface area (Å²) in [6.07, 6.45) is 5.18. The van der Waals surface area contributed by atoms with E-state index in [9.17, 15) is 10.1 Å². The molecule has 104 valence electrons. The summed E-state index contributed by atoms with van der Waals surface area (Å²) in [5, 5.41) is 14.7. The zero-order valence-electron chi connectivity index (χ0n) is 11.0. The Labute approximate surface area is 120 Å². The number of hydrogen-bond acceptors (Lipinski definition) is 5. The average Bonchev–Trinajstić information content (AvgIpc) is 3.32. The Balaban J connectivity index is 1.65. The van der Waals surface area contributed by atoms with Crippen molar-refractivity contribution in [2.75, 3.05) is 11.9 Å². The molecular weight excluding hydrogens is 274 g/mol. The number of hydrogen-bond donors (Lipinski definition) is 1. The van der Waals surface area contributed by atoms with Gasteiger partial charge in [-0.1, -0.05) is 0 Å². The van der Waals surface area contributed by atoms with Crippen molar-refractivity contribution in [2.24, 2.45) is 11.3 Å². The minimum atomic E-state index is -0.318. The van der Waals surface area contributed by atoms with E-state index in [2.05, 4.69) is 10.3 Å². The van der Waals surface area contributed by atoms with E-state index < -0.39 is 0 Å². The molecule has 2 fully saturated rings. The molecule has 4 rings (SSSR count). The van der Waals surface area contributed by atoms with Crippen LogP contribution in [0.4, 0.5) is 11.4 Å². The van der Waals surface area contributed by atoms with Gasteiger partial charge in [0.2, 0.25) is 0 Å². The molecule has 6 heteroatoms. The van der Waals surface area contributed by atoms with Crippen molar-refractivity contribution in [3.05, 3.63) is 27.8 Å². The summed E-state index contributed by atoms with van der Waals surface area (Å²) in [5.41, 5.74) is 3.32. The lowest BCUT2D eigenvalue weighted by atomic mass is 10.0. The topological polar surface area (TPSA) is 68.1 Å². The maximum Gasteiger partial charge on any atom is 0.319 e. The highest BCUT2D eigenvalue weighted by molar-refractivity contribution is 7.16. The molecule has 0 aliphatic heterocycles. The Morgan fingerprint density at radius 3 is 2.90 bits per heavy atom. The predicted octanol–water partition coefficient (Wildman–Crippen LogP) is 3.81. The van der Waals surface area contributed by atoms with E-state index in [4.69, 9.17) is 0 Å². The highest BCUT2D eigenvalue weighted by atomic mass is 32.1. The van der Waals surface area contributed by atoms with Crippen LogP contribution in [0.25, 0.3) is 10.2 Å². The SMILES string of the molecule is O=[N+]([O-])c1c(NCC2(C3CC3)CC2)ccc2scnc12. The number of anilines is 1. The maximum atomic E-state index is 11.4. The maximum absolute atomic E-state index is 11.4. The normalized spacial score (nSPS) is 20.0. The fourth-order valence-electron chi connectivity index (χ4n) is 3.10. The quantitative estimate of drug-likeness (QED) is 0.671. The summed E-state index contributed by atoms with van der Waals surface area (Å²) >= 11 is 1.44. The smallest absolute Gasteiger partial charge is 0.319 e. The fraction of sp³-hybridized carbons (Fsp3) is 0.500.